The molecule has 0 fully saturated rings. The highest BCUT2D eigenvalue weighted by Gasteiger charge is 2.35. The van der Waals surface area contributed by atoms with Gasteiger partial charge in [-0.1, -0.05) is 6.07 Å². The van der Waals surface area contributed by atoms with E-state index < -0.39 is 17.9 Å². The number of phenols is 1. The molecule has 0 bridgehead atoms. The molecule has 0 spiro atoms. The molecule has 1 heterocycles. The van der Waals surface area contributed by atoms with E-state index in [2.05, 4.69) is 0 Å². The first-order valence-corrected chi connectivity index (χ1v) is 7.70. The molecule has 1 aromatic rings. The Hall–Kier alpha value is -2.96. The number of nitrogens with zero attached hydrogens (tertiary/aromatic N) is 1. The Morgan fingerprint density at radius 2 is 1.68 bits per heavy atom. The minimum Gasteiger partial charge on any atom is -0.504 e. The fraction of sp³-hybridized carbons (Fsp3) is 0.333. The van der Waals surface area contributed by atoms with E-state index in [9.17, 15) is 14.7 Å². The molecule has 0 saturated carbocycles. The van der Waals surface area contributed by atoms with Crippen LogP contribution in [0.25, 0.3) is 0 Å². The molecule has 0 amide bonds. The zero-order chi connectivity index (χ0) is 18.6. The first-order chi connectivity index (χ1) is 11.9. The Bertz CT molecular complexity index is 703. The van der Waals surface area contributed by atoms with E-state index in [0.29, 0.717) is 12.2 Å². The van der Waals surface area contributed by atoms with Gasteiger partial charge in [-0.15, -0.1) is 0 Å². The van der Waals surface area contributed by atoms with E-state index in [1.165, 1.54) is 20.3 Å². The molecule has 25 heavy (non-hydrogen) atoms. The number of ether oxygens (including phenoxy) is 3. The van der Waals surface area contributed by atoms with Gasteiger partial charge >= 0.3 is 11.9 Å². The molecule has 2 rings (SSSR count). The van der Waals surface area contributed by atoms with Crippen molar-refractivity contribution < 1.29 is 28.9 Å². The summed E-state index contributed by atoms with van der Waals surface area (Å²) in [5, 5.41) is 9.90. The van der Waals surface area contributed by atoms with Crippen molar-refractivity contribution in [2.24, 2.45) is 0 Å². The van der Waals surface area contributed by atoms with Gasteiger partial charge in [0.1, 0.15) is 0 Å². The van der Waals surface area contributed by atoms with Crippen LogP contribution in [0.15, 0.2) is 41.7 Å². The van der Waals surface area contributed by atoms with Crippen LogP contribution in [-0.4, -0.2) is 49.8 Å². The summed E-state index contributed by atoms with van der Waals surface area (Å²) in [6, 6.07) is 4.69. The second kappa shape index (κ2) is 7.74. The highest BCUT2D eigenvalue weighted by atomic mass is 16.5. The largest absolute Gasteiger partial charge is 0.504 e. The normalized spacial score (nSPS) is 14.5. The Morgan fingerprint density at radius 1 is 1.12 bits per heavy atom. The molecule has 7 nitrogen and oxygen atoms in total. The van der Waals surface area contributed by atoms with Crippen molar-refractivity contribution in [1.82, 2.24) is 4.90 Å². The maximum atomic E-state index is 12.3. The molecule has 0 saturated heterocycles. The minimum absolute atomic E-state index is 0.0225. The Morgan fingerprint density at radius 3 is 2.16 bits per heavy atom. The van der Waals surface area contributed by atoms with Gasteiger partial charge in [-0.2, -0.15) is 0 Å². The molecule has 0 atom stereocenters. The number of hydrogen-bond acceptors (Lipinski definition) is 7. The molecule has 0 unspecified atom stereocenters. The van der Waals surface area contributed by atoms with Gasteiger partial charge in [-0.25, -0.2) is 9.59 Å². The summed E-state index contributed by atoms with van der Waals surface area (Å²) in [5.74, 6) is -1.57. The van der Waals surface area contributed by atoms with Crippen molar-refractivity contribution in [3.63, 3.8) is 0 Å². The van der Waals surface area contributed by atoms with Crippen LogP contribution >= 0.6 is 0 Å². The number of esters is 2. The third-order valence-corrected chi connectivity index (χ3v) is 3.77. The number of phenolic OH excluding ortho intramolecular Hbond substituents is 1. The van der Waals surface area contributed by atoms with Crippen LogP contribution in [0.1, 0.15) is 18.4 Å². The van der Waals surface area contributed by atoms with Crippen molar-refractivity contribution >= 4 is 11.9 Å². The predicted octanol–water partition coefficient (Wildman–Crippen LogP) is 1.93. The Balaban J connectivity index is 2.59. The van der Waals surface area contributed by atoms with Gasteiger partial charge < -0.3 is 24.2 Å². The van der Waals surface area contributed by atoms with E-state index in [0.717, 1.165) is 0 Å². The average Bonchev–Trinajstić information content (AvgIpc) is 2.61. The van der Waals surface area contributed by atoms with Crippen LogP contribution in [0, 0.1) is 0 Å². The average molecular weight is 347 g/mol. The molecule has 1 aliphatic heterocycles. The quantitative estimate of drug-likeness (QED) is 0.815. The zero-order valence-corrected chi connectivity index (χ0v) is 14.6. The summed E-state index contributed by atoms with van der Waals surface area (Å²) >= 11 is 0. The summed E-state index contributed by atoms with van der Waals surface area (Å²) in [6.07, 6.45) is 3.19. The second-order valence-electron chi connectivity index (χ2n) is 5.41. The molecular weight excluding hydrogens is 326 g/mol. The minimum atomic E-state index is -0.698. The fourth-order valence-corrected chi connectivity index (χ4v) is 2.71. The van der Waals surface area contributed by atoms with Crippen molar-refractivity contribution in [2.75, 3.05) is 27.9 Å². The third-order valence-electron chi connectivity index (χ3n) is 3.77. The molecular formula is C18H21NO6. The van der Waals surface area contributed by atoms with E-state index in [4.69, 9.17) is 14.2 Å². The lowest BCUT2D eigenvalue weighted by molar-refractivity contribution is -0.137. The molecule has 1 aliphatic rings. The maximum absolute atomic E-state index is 12.3. The molecule has 1 aromatic carbocycles. The molecule has 7 heteroatoms. The summed E-state index contributed by atoms with van der Waals surface area (Å²) in [5.41, 5.74) is 1.16. The Kier molecular flexibility index (Phi) is 5.69. The second-order valence-corrected chi connectivity index (χ2v) is 5.41. The van der Waals surface area contributed by atoms with E-state index in [1.54, 1.807) is 43.4 Å². The van der Waals surface area contributed by atoms with Gasteiger partial charge in [0.25, 0.3) is 0 Å². The Labute approximate surface area is 146 Å². The topological polar surface area (TPSA) is 85.3 Å². The van der Waals surface area contributed by atoms with Gasteiger partial charge in [-0.3, -0.25) is 0 Å². The highest BCUT2D eigenvalue weighted by Crippen LogP contribution is 2.39. The van der Waals surface area contributed by atoms with Crippen molar-refractivity contribution in [3.8, 4) is 11.5 Å². The van der Waals surface area contributed by atoms with Crippen LogP contribution in [0.2, 0.25) is 0 Å². The van der Waals surface area contributed by atoms with Gasteiger partial charge in [0, 0.05) is 19.4 Å². The number of hydrogen-bond donors (Lipinski definition) is 1. The highest BCUT2D eigenvalue weighted by molar-refractivity contribution is 5.98. The van der Waals surface area contributed by atoms with Gasteiger partial charge in [0.05, 0.1) is 37.9 Å². The fourth-order valence-electron chi connectivity index (χ4n) is 2.71. The molecule has 0 radical (unpaired) electrons. The smallest absolute Gasteiger partial charge is 0.336 e. The van der Waals surface area contributed by atoms with Crippen LogP contribution < -0.4 is 4.74 Å². The summed E-state index contributed by atoms with van der Waals surface area (Å²) in [4.78, 5) is 26.1. The van der Waals surface area contributed by atoms with Crippen LogP contribution in [0.3, 0.4) is 0 Å². The first kappa shape index (κ1) is 18.4. The van der Waals surface area contributed by atoms with Gasteiger partial charge in [0.2, 0.25) is 0 Å². The molecule has 0 aromatic heterocycles. The number of methoxy groups -OCH3 is 2. The standard InChI is InChI=1S/C18H21NO6/c1-5-25-15-8-11(6-7-14(15)20)16-12(17(21)23-3)9-19(2)10-13(16)18(22)24-4/h6-10,16,20H,5H2,1-4H3. The number of carbonyl (C=O) groups excluding carboxylic acids is 2. The maximum Gasteiger partial charge on any atom is 0.336 e. The monoisotopic (exact) mass is 347 g/mol. The lowest BCUT2D eigenvalue weighted by Crippen LogP contribution is -2.27. The van der Waals surface area contributed by atoms with Crippen molar-refractivity contribution in [1.29, 1.82) is 0 Å². The predicted molar refractivity (Wildman–Crippen MR) is 90.0 cm³/mol. The number of benzene rings is 1. The van der Waals surface area contributed by atoms with Crippen LogP contribution in [-0.2, 0) is 19.1 Å². The number of rotatable bonds is 5. The first-order valence-electron chi connectivity index (χ1n) is 7.70. The summed E-state index contributed by atoms with van der Waals surface area (Å²) in [7, 11) is 4.25. The van der Waals surface area contributed by atoms with E-state index >= 15 is 0 Å². The zero-order valence-electron chi connectivity index (χ0n) is 14.6. The molecule has 134 valence electrons. The van der Waals surface area contributed by atoms with Gasteiger partial charge in [0.15, 0.2) is 11.5 Å². The molecule has 0 aliphatic carbocycles. The van der Waals surface area contributed by atoms with Crippen LogP contribution in [0.4, 0.5) is 0 Å². The van der Waals surface area contributed by atoms with Crippen molar-refractivity contribution in [3.05, 3.63) is 47.3 Å². The van der Waals surface area contributed by atoms with Crippen molar-refractivity contribution in [2.45, 2.75) is 12.8 Å². The van der Waals surface area contributed by atoms with Crippen LogP contribution in [0.5, 0.6) is 11.5 Å². The number of carbonyl (C=O) groups is 2. The summed E-state index contributed by atoms with van der Waals surface area (Å²) < 4.78 is 15.1. The number of aromatic hydroxyl groups is 1. The summed E-state index contributed by atoms with van der Waals surface area (Å²) in [6.45, 7) is 2.16. The van der Waals surface area contributed by atoms with Gasteiger partial charge in [-0.05, 0) is 24.6 Å². The lowest BCUT2D eigenvalue weighted by atomic mass is 9.83. The van der Waals surface area contributed by atoms with E-state index in [-0.39, 0.29) is 22.6 Å². The SMILES string of the molecule is CCOc1cc(C2C(C(=O)OC)=CN(C)C=C2C(=O)OC)ccc1O. The lowest BCUT2D eigenvalue weighted by Gasteiger charge is -2.28. The molecule has 1 N–H and O–H groups in total. The van der Waals surface area contributed by atoms with E-state index in [1.807, 2.05) is 0 Å². The third kappa shape index (κ3) is 3.76.